The molecule has 29 heavy (non-hydrogen) atoms. The van der Waals surface area contributed by atoms with Gasteiger partial charge in [-0.05, 0) is 12.1 Å². The van der Waals surface area contributed by atoms with Crippen molar-refractivity contribution in [3.05, 3.63) is 45.1 Å². The summed E-state index contributed by atoms with van der Waals surface area (Å²) in [7, 11) is 0. The fraction of sp³-hybridized carbons (Fsp3) is 0.211. The fourth-order valence-electron chi connectivity index (χ4n) is 3.85. The third-order valence-corrected chi connectivity index (χ3v) is 6.16. The molecule has 2 aliphatic rings. The van der Waals surface area contributed by atoms with Gasteiger partial charge < -0.3 is 15.8 Å². The predicted octanol–water partition coefficient (Wildman–Crippen LogP) is 2.83. The van der Waals surface area contributed by atoms with Crippen molar-refractivity contribution in [1.29, 1.82) is 0 Å². The number of nitrogens with zero attached hydrogens (tertiary/aromatic N) is 2. The monoisotopic (exact) mass is 429 g/mol. The summed E-state index contributed by atoms with van der Waals surface area (Å²) in [4.78, 5) is 27.1. The van der Waals surface area contributed by atoms with E-state index < -0.39 is 12.3 Å². The number of morpholine rings is 1. The number of ether oxygens (including phenoxy) is 1. The summed E-state index contributed by atoms with van der Waals surface area (Å²) in [5.41, 5.74) is 9.59. The Hall–Kier alpha value is -2.72. The average Bonchev–Trinajstić information content (AvgIpc) is 3.40. The minimum Gasteiger partial charge on any atom is -0.355 e. The largest absolute Gasteiger partial charge is 0.355 e. The number of thiophene rings is 1. The van der Waals surface area contributed by atoms with E-state index in [0.717, 1.165) is 5.56 Å². The Labute approximate surface area is 174 Å². The molecule has 3 aromatic rings. The van der Waals surface area contributed by atoms with Gasteiger partial charge in [-0.1, -0.05) is 23.7 Å². The van der Waals surface area contributed by atoms with Crippen molar-refractivity contribution in [2.75, 3.05) is 24.6 Å². The molecule has 1 saturated heterocycles. The molecule has 1 aliphatic carbocycles. The van der Waals surface area contributed by atoms with Gasteiger partial charge in [0.25, 0.3) is 0 Å². The summed E-state index contributed by atoms with van der Waals surface area (Å²) >= 11 is 7.43. The second-order valence-electron chi connectivity index (χ2n) is 6.73. The maximum Gasteiger partial charge on any atom is 0.321 e. The van der Waals surface area contributed by atoms with Crippen LogP contribution in [-0.2, 0) is 4.74 Å². The molecule has 148 valence electrons. The van der Waals surface area contributed by atoms with Crippen molar-refractivity contribution in [3.63, 3.8) is 0 Å². The molecule has 1 fully saturated rings. The molecule has 2 amide bonds. The van der Waals surface area contributed by atoms with Gasteiger partial charge in [-0.2, -0.15) is 5.10 Å². The zero-order chi connectivity index (χ0) is 20.1. The number of benzene rings is 1. The van der Waals surface area contributed by atoms with E-state index in [9.17, 15) is 9.59 Å². The minimum atomic E-state index is -0.682. The summed E-state index contributed by atoms with van der Waals surface area (Å²) in [5, 5.41) is 12.3. The minimum absolute atomic E-state index is 0.216. The molecule has 0 spiro atoms. The number of aromatic amines is 1. The standard InChI is InChI=1S/C19H16ClN5O3S/c20-12-6-9(8-29-12)16-15-17(24-23-16)10-2-1-3-11(14(10)18(15)26)25(19(21)27)13-7-22-4-5-28-13/h1-3,6,8,13,22H,4-5,7H2,(H2,21,27)(H,23,24). The van der Waals surface area contributed by atoms with Crippen LogP contribution in [0.2, 0.25) is 4.34 Å². The number of primary amides is 1. The predicted molar refractivity (Wildman–Crippen MR) is 110 cm³/mol. The number of aromatic nitrogens is 2. The summed E-state index contributed by atoms with van der Waals surface area (Å²) < 4.78 is 6.34. The summed E-state index contributed by atoms with van der Waals surface area (Å²) in [6.07, 6.45) is -0.590. The number of hydrogen-bond donors (Lipinski definition) is 3. The highest BCUT2D eigenvalue weighted by atomic mass is 35.5. The molecular weight excluding hydrogens is 414 g/mol. The molecule has 1 atom stereocenters. The highest BCUT2D eigenvalue weighted by molar-refractivity contribution is 7.14. The first-order valence-electron chi connectivity index (χ1n) is 8.98. The van der Waals surface area contributed by atoms with Crippen LogP contribution in [0.3, 0.4) is 0 Å². The van der Waals surface area contributed by atoms with Crippen LogP contribution >= 0.6 is 22.9 Å². The Morgan fingerprint density at radius 1 is 1.38 bits per heavy atom. The van der Waals surface area contributed by atoms with Gasteiger partial charge in [0.1, 0.15) is 5.69 Å². The molecule has 4 N–H and O–H groups in total. The number of carbonyl (C=O) groups is 2. The number of carbonyl (C=O) groups excluding carboxylic acids is 2. The molecule has 1 aliphatic heterocycles. The first-order valence-corrected chi connectivity index (χ1v) is 10.2. The lowest BCUT2D eigenvalue weighted by Gasteiger charge is -2.34. The number of fused-ring (bicyclic) bond motifs is 3. The van der Waals surface area contributed by atoms with E-state index in [1.54, 1.807) is 18.2 Å². The van der Waals surface area contributed by atoms with Crippen LogP contribution in [0.1, 0.15) is 15.9 Å². The SMILES string of the molecule is NC(=O)N(c1cccc2c1C(=O)c1c(-c3csc(Cl)c3)n[nH]c1-2)C1CNCCO1. The summed E-state index contributed by atoms with van der Waals surface area (Å²) in [6, 6.07) is 6.41. The molecule has 5 rings (SSSR count). The summed E-state index contributed by atoms with van der Waals surface area (Å²) in [6.45, 7) is 1.56. The number of nitrogens with two attached hydrogens (primary N) is 1. The first kappa shape index (κ1) is 18.3. The van der Waals surface area contributed by atoms with Crippen LogP contribution in [0.15, 0.2) is 29.6 Å². The average molecular weight is 430 g/mol. The molecule has 1 unspecified atom stereocenters. The molecule has 8 nitrogen and oxygen atoms in total. The van der Waals surface area contributed by atoms with E-state index in [0.29, 0.717) is 57.8 Å². The van der Waals surface area contributed by atoms with Crippen molar-refractivity contribution in [1.82, 2.24) is 15.5 Å². The maximum atomic E-state index is 13.5. The number of amides is 2. The quantitative estimate of drug-likeness (QED) is 0.463. The van der Waals surface area contributed by atoms with Gasteiger partial charge >= 0.3 is 6.03 Å². The number of H-pyrrole nitrogens is 1. The van der Waals surface area contributed by atoms with Gasteiger partial charge in [-0.25, -0.2) is 4.79 Å². The second kappa shape index (κ2) is 6.96. The van der Waals surface area contributed by atoms with Gasteiger partial charge in [0, 0.05) is 29.6 Å². The molecule has 3 heterocycles. The van der Waals surface area contributed by atoms with E-state index >= 15 is 0 Å². The van der Waals surface area contributed by atoms with Crippen molar-refractivity contribution in [2.45, 2.75) is 6.23 Å². The number of anilines is 1. The van der Waals surface area contributed by atoms with Gasteiger partial charge in [0.05, 0.1) is 33.5 Å². The van der Waals surface area contributed by atoms with Crippen molar-refractivity contribution in [3.8, 4) is 22.5 Å². The topological polar surface area (TPSA) is 113 Å². The second-order valence-corrected chi connectivity index (χ2v) is 8.27. The highest BCUT2D eigenvalue weighted by Gasteiger charge is 2.38. The lowest BCUT2D eigenvalue weighted by molar-refractivity contribution is 0.0317. The van der Waals surface area contributed by atoms with Crippen LogP contribution in [0.4, 0.5) is 10.5 Å². The Bertz CT molecular complexity index is 1130. The van der Waals surface area contributed by atoms with Gasteiger partial charge in [0.2, 0.25) is 0 Å². The third kappa shape index (κ3) is 2.85. The van der Waals surface area contributed by atoms with E-state index in [4.69, 9.17) is 22.1 Å². The fourth-order valence-corrected chi connectivity index (χ4v) is 4.71. The third-order valence-electron chi connectivity index (χ3n) is 5.07. The molecule has 2 aromatic heterocycles. The van der Waals surface area contributed by atoms with Crippen molar-refractivity contribution < 1.29 is 14.3 Å². The Morgan fingerprint density at radius 2 is 2.24 bits per heavy atom. The van der Waals surface area contributed by atoms with E-state index in [2.05, 4.69) is 15.5 Å². The van der Waals surface area contributed by atoms with Crippen LogP contribution in [-0.4, -0.2) is 47.9 Å². The number of rotatable bonds is 3. The molecular formula is C19H16ClN5O3S. The first-order chi connectivity index (χ1) is 14.1. The molecule has 0 saturated carbocycles. The lowest BCUT2D eigenvalue weighted by atomic mass is 10.0. The molecule has 0 bridgehead atoms. The van der Waals surface area contributed by atoms with Gasteiger partial charge in [-0.15, -0.1) is 11.3 Å². The van der Waals surface area contributed by atoms with Crippen LogP contribution in [0.25, 0.3) is 22.5 Å². The normalized spacial score (nSPS) is 17.8. The zero-order valence-corrected chi connectivity index (χ0v) is 16.6. The highest BCUT2D eigenvalue weighted by Crippen LogP contribution is 2.45. The lowest BCUT2D eigenvalue weighted by Crippen LogP contribution is -2.53. The number of nitrogens with one attached hydrogen (secondary N) is 2. The van der Waals surface area contributed by atoms with Crippen LogP contribution in [0.5, 0.6) is 0 Å². The number of urea groups is 1. The number of halogens is 1. The number of hydrogen-bond acceptors (Lipinski definition) is 6. The van der Waals surface area contributed by atoms with E-state index in [1.807, 2.05) is 11.4 Å². The van der Waals surface area contributed by atoms with Crippen LogP contribution < -0.4 is 16.0 Å². The molecule has 0 radical (unpaired) electrons. The Kier molecular flexibility index (Phi) is 4.39. The van der Waals surface area contributed by atoms with Gasteiger partial charge in [-0.3, -0.25) is 14.8 Å². The van der Waals surface area contributed by atoms with Crippen molar-refractivity contribution >= 4 is 40.4 Å². The van der Waals surface area contributed by atoms with Crippen molar-refractivity contribution in [2.24, 2.45) is 5.73 Å². The molecule has 10 heteroatoms. The molecule has 1 aromatic carbocycles. The summed E-state index contributed by atoms with van der Waals surface area (Å²) in [5.74, 6) is -0.216. The number of ketones is 1. The Balaban J connectivity index is 1.63. The van der Waals surface area contributed by atoms with E-state index in [1.165, 1.54) is 16.2 Å². The van der Waals surface area contributed by atoms with Crippen LogP contribution in [0, 0.1) is 0 Å². The van der Waals surface area contributed by atoms with E-state index in [-0.39, 0.29) is 5.78 Å². The smallest absolute Gasteiger partial charge is 0.321 e. The Morgan fingerprint density at radius 3 is 2.93 bits per heavy atom. The zero-order valence-electron chi connectivity index (χ0n) is 15.1. The maximum absolute atomic E-state index is 13.5. The van der Waals surface area contributed by atoms with Gasteiger partial charge in [0.15, 0.2) is 12.0 Å².